The van der Waals surface area contributed by atoms with Gasteiger partial charge in [-0.15, -0.1) is 0 Å². The van der Waals surface area contributed by atoms with E-state index in [1.807, 2.05) is 0 Å². The summed E-state index contributed by atoms with van der Waals surface area (Å²) in [5.74, 6) is 1.70. The standard InChI is InChI=1S/C52H36N2O/c1-5-15-37(16-6-1)38-27-29-39(30-28-38)40-31-33-44(34-32-40)53(41-17-7-2-8-18-41)47-35-36-50-51-45(47)23-13-24-46(51)52-48(25-14-26-49(52)55-50)54(42-19-9-3-10-20-42)43-21-11-4-12-22-43/h1-36H. The van der Waals surface area contributed by atoms with Gasteiger partial charge in [0.15, 0.2) is 0 Å². The second kappa shape index (κ2) is 13.9. The van der Waals surface area contributed by atoms with Gasteiger partial charge in [-0.05, 0) is 101 Å². The van der Waals surface area contributed by atoms with Crippen LogP contribution in [0.3, 0.4) is 0 Å². The van der Waals surface area contributed by atoms with Crippen molar-refractivity contribution in [1.29, 1.82) is 0 Å². The lowest BCUT2D eigenvalue weighted by Crippen LogP contribution is -2.13. The molecule has 0 aliphatic carbocycles. The summed E-state index contributed by atoms with van der Waals surface area (Å²) < 4.78 is 6.81. The summed E-state index contributed by atoms with van der Waals surface area (Å²) in [6, 6.07) is 77.3. The van der Waals surface area contributed by atoms with Gasteiger partial charge in [-0.1, -0.05) is 146 Å². The van der Waals surface area contributed by atoms with E-state index in [0.29, 0.717) is 0 Å². The predicted octanol–water partition coefficient (Wildman–Crippen LogP) is 14.9. The van der Waals surface area contributed by atoms with Gasteiger partial charge in [0.1, 0.15) is 11.5 Å². The molecule has 3 heteroatoms. The third kappa shape index (κ3) is 5.89. The Balaban J connectivity index is 1.09. The first-order valence-electron chi connectivity index (χ1n) is 18.7. The molecule has 0 bridgehead atoms. The number of para-hydroxylation sites is 3. The molecule has 10 rings (SSSR count). The van der Waals surface area contributed by atoms with E-state index < -0.39 is 0 Å². The number of ether oxygens (including phenoxy) is 1. The van der Waals surface area contributed by atoms with E-state index >= 15 is 0 Å². The highest BCUT2D eigenvalue weighted by Gasteiger charge is 2.28. The van der Waals surface area contributed by atoms with Crippen molar-refractivity contribution in [2.45, 2.75) is 0 Å². The zero-order valence-electron chi connectivity index (χ0n) is 30.1. The first kappa shape index (κ1) is 32.3. The summed E-state index contributed by atoms with van der Waals surface area (Å²) >= 11 is 0. The molecule has 260 valence electrons. The van der Waals surface area contributed by atoms with Crippen LogP contribution in [0.15, 0.2) is 218 Å². The lowest BCUT2D eigenvalue weighted by atomic mass is 9.91. The SMILES string of the molecule is c1ccc(-c2ccc(-c3ccc(N(c4ccccc4)c4ccc5c6c(cccc46)-c4c(cccc4N(c4ccccc4)c4ccccc4)O5)cc3)cc2)cc1. The number of fused-ring (bicyclic) bond motifs is 2. The Morgan fingerprint density at radius 1 is 0.291 bits per heavy atom. The molecular weight excluding hydrogens is 669 g/mol. The zero-order chi connectivity index (χ0) is 36.6. The predicted molar refractivity (Wildman–Crippen MR) is 230 cm³/mol. The van der Waals surface area contributed by atoms with Crippen LogP contribution in [0.1, 0.15) is 0 Å². The monoisotopic (exact) mass is 704 g/mol. The third-order valence-corrected chi connectivity index (χ3v) is 10.4. The molecule has 0 saturated carbocycles. The highest BCUT2D eigenvalue weighted by molar-refractivity contribution is 6.13. The minimum absolute atomic E-state index is 0.842. The molecular formula is C52H36N2O. The molecule has 0 spiro atoms. The Morgan fingerprint density at radius 3 is 1.31 bits per heavy atom. The van der Waals surface area contributed by atoms with E-state index in [1.165, 1.54) is 22.3 Å². The van der Waals surface area contributed by atoms with Crippen LogP contribution in [0.2, 0.25) is 0 Å². The van der Waals surface area contributed by atoms with Crippen molar-refractivity contribution < 1.29 is 4.74 Å². The molecule has 0 unspecified atom stereocenters. The van der Waals surface area contributed by atoms with Crippen LogP contribution in [0.4, 0.5) is 34.1 Å². The molecule has 0 fully saturated rings. The molecule has 0 amide bonds. The number of anilines is 6. The first-order chi connectivity index (χ1) is 27.3. The lowest BCUT2D eigenvalue weighted by molar-refractivity contribution is 0.487. The van der Waals surface area contributed by atoms with E-state index in [-0.39, 0.29) is 0 Å². The van der Waals surface area contributed by atoms with Gasteiger partial charge in [-0.2, -0.15) is 0 Å². The summed E-state index contributed by atoms with van der Waals surface area (Å²) in [5, 5.41) is 2.21. The highest BCUT2D eigenvalue weighted by atomic mass is 16.5. The Hall–Kier alpha value is -7.36. The fraction of sp³-hybridized carbons (Fsp3) is 0. The normalized spacial score (nSPS) is 11.4. The van der Waals surface area contributed by atoms with Crippen molar-refractivity contribution in [2.24, 2.45) is 0 Å². The quantitative estimate of drug-likeness (QED) is 0.157. The largest absolute Gasteiger partial charge is 0.456 e. The number of benzene rings is 9. The summed E-state index contributed by atoms with van der Waals surface area (Å²) in [6.07, 6.45) is 0. The van der Waals surface area contributed by atoms with Gasteiger partial charge >= 0.3 is 0 Å². The van der Waals surface area contributed by atoms with Gasteiger partial charge in [-0.3, -0.25) is 0 Å². The maximum atomic E-state index is 6.81. The molecule has 1 aliphatic rings. The summed E-state index contributed by atoms with van der Waals surface area (Å²) in [6.45, 7) is 0. The number of hydrogen-bond acceptors (Lipinski definition) is 3. The van der Waals surface area contributed by atoms with Crippen LogP contribution in [0, 0.1) is 0 Å². The van der Waals surface area contributed by atoms with Crippen molar-refractivity contribution in [3.63, 3.8) is 0 Å². The topological polar surface area (TPSA) is 15.7 Å². The fourth-order valence-corrected chi connectivity index (χ4v) is 7.90. The highest BCUT2D eigenvalue weighted by Crippen LogP contribution is 2.54. The van der Waals surface area contributed by atoms with E-state index in [9.17, 15) is 0 Å². The van der Waals surface area contributed by atoms with Gasteiger partial charge in [-0.25, -0.2) is 0 Å². The van der Waals surface area contributed by atoms with Gasteiger partial charge in [0.05, 0.1) is 11.4 Å². The number of rotatable bonds is 8. The zero-order valence-corrected chi connectivity index (χ0v) is 30.1. The molecule has 55 heavy (non-hydrogen) atoms. The molecule has 1 aliphatic heterocycles. The van der Waals surface area contributed by atoms with Crippen LogP contribution in [0.25, 0.3) is 44.2 Å². The van der Waals surface area contributed by atoms with Crippen molar-refractivity contribution >= 4 is 44.9 Å². The Labute approximate surface area is 321 Å². The van der Waals surface area contributed by atoms with Gasteiger partial charge < -0.3 is 14.5 Å². The van der Waals surface area contributed by atoms with E-state index in [1.54, 1.807) is 0 Å². The van der Waals surface area contributed by atoms with E-state index in [2.05, 4.69) is 228 Å². The molecule has 1 heterocycles. The molecule has 0 saturated heterocycles. The average Bonchev–Trinajstić information content (AvgIpc) is 3.26. The number of hydrogen-bond donors (Lipinski definition) is 0. The second-order valence-corrected chi connectivity index (χ2v) is 13.7. The molecule has 0 atom stereocenters. The Morgan fingerprint density at radius 2 is 0.745 bits per heavy atom. The molecule has 9 aromatic rings. The van der Waals surface area contributed by atoms with Crippen molar-refractivity contribution in [2.75, 3.05) is 9.80 Å². The van der Waals surface area contributed by atoms with E-state index in [4.69, 9.17) is 4.74 Å². The van der Waals surface area contributed by atoms with Gasteiger partial charge in [0.25, 0.3) is 0 Å². The van der Waals surface area contributed by atoms with Crippen LogP contribution >= 0.6 is 0 Å². The molecule has 0 radical (unpaired) electrons. The second-order valence-electron chi connectivity index (χ2n) is 13.7. The van der Waals surface area contributed by atoms with Gasteiger partial charge in [0, 0.05) is 39.1 Å². The molecule has 0 aromatic heterocycles. The minimum atomic E-state index is 0.842. The lowest BCUT2D eigenvalue weighted by Gasteiger charge is -2.32. The van der Waals surface area contributed by atoms with Crippen LogP contribution < -0.4 is 14.5 Å². The first-order valence-corrected chi connectivity index (χ1v) is 18.7. The minimum Gasteiger partial charge on any atom is -0.456 e. The summed E-state index contributed by atoms with van der Waals surface area (Å²) in [4.78, 5) is 4.68. The molecule has 0 N–H and O–H groups in total. The smallest absolute Gasteiger partial charge is 0.137 e. The fourth-order valence-electron chi connectivity index (χ4n) is 7.90. The number of nitrogens with zero attached hydrogens (tertiary/aromatic N) is 2. The Kier molecular flexibility index (Phi) is 8.16. The average molecular weight is 705 g/mol. The van der Waals surface area contributed by atoms with Crippen molar-refractivity contribution in [1.82, 2.24) is 0 Å². The van der Waals surface area contributed by atoms with Crippen LogP contribution in [-0.2, 0) is 0 Å². The summed E-state index contributed by atoms with van der Waals surface area (Å²) in [7, 11) is 0. The van der Waals surface area contributed by atoms with Crippen LogP contribution in [-0.4, -0.2) is 0 Å². The summed E-state index contributed by atoms with van der Waals surface area (Å²) in [5.41, 5.74) is 13.5. The molecule has 9 aromatic carbocycles. The van der Waals surface area contributed by atoms with Crippen LogP contribution in [0.5, 0.6) is 11.5 Å². The maximum Gasteiger partial charge on any atom is 0.137 e. The van der Waals surface area contributed by atoms with E-state index in [0.717, 1.165) is 67.5 Å². The molecule has 3 nitrogen and oxygen atoms in total. The third-order valence-electron chi connectivity index (χ3n) is 10.4. The Bertz CT molecular complexity index is 2710. The van der Waals surface area contributed by atoms with Crippen molar-refractivity contribution in [3.8, 4) is 44.9 Å². The maximum absolute atomic E-state index is 6.81. The van der Waals surface area contributed by atoms with Gasteiger partial charge in [0.2, 0.25) is 0 Å². The van der Waals surface area contributed by atoms with Crippen molar-refractivity contribution in [3.05, 3.63) is 218 Å².